The normalized spacial score (nSPS) is 25.4. The van der Waals surface area contributed by atoms with Crippen molar-refractivity contribution >= 4 is 11.5 Å². The van der Waals surface area contributed by atoms with E-state index in [9.17, 15) is 18.0 Å². The van der Waals surface area contributed by atoms with Gasteiger partial charge in [0, 0.05) is 50.1 Å². The lowest BCUT2D eigenvalue weighted by Crippen LogP contribution is -2.46. The van der Waals surface area contributed by atoms with Crippen LogP contribution in [0, 0.1) is 0 Å². The molecule has 0 bridgehead atoms. The van der Waals surface area contributed by atoms with E-state index in [0.29, 0.717) is 12.0 Å². The zero-order valence-corrected chi connectivity index (χ0v) is 15.3. The van der Waals surface area contributed by atoms with Crippen molar-refractivity contribution < 1.29 is 22.7 Å². The molecular weight excluding hydrogens is 371 g/mol. The number of aromatic nitrogens is 1. The van der Waals surface area contributed by atoms with Crippen LogP contribution in [0.25, 0.3) is 5.57 Å². The van der Waals surface area contributed by atoms with Crippen LogP contribution < -0.4 is 5.32 Å². The Morgan fingerprint density at radius 2 is 2.00 bits per heavy atom. The highest BCUT2D eigenvalue weighted by molar-refractivity contribution is 6.18. The van der Waals surface area contributed by atoms with E-state index in [4.69, 9.17) is 4.74 Å². The van der Waals surface area contributed by atoms with Crippen LogP contribution in [0.4, 0.5) is 13.2 Å². The second-order valence-corrected chi connectivity index (χ2v) is 7.27. The van der Waals surface area contributed by atoms with Crippen LogP contribution in [0.3, 0.4) is 0 Å². The molecule has 1 fully saturated rings. The molecule has 2 aliphatic heterocycles. The lowest BCUT2D eigenvalue weighted by molar-refractivity contribution is -0.148. The summed E-state index contributed by atoms with van der Waals surface area (Å²) in [7, 11) is 0. The maximum Gasteiger partial charge on any atom is 0.433 e. The molecule has 1 aromatic rings. The third kappa shape index (κ3) is 3.32. The third-order valence-electron chi connectivity index (χ3n) is 5.31. The van der Waals surface area contributed by atoms with E-state index in [0.717, 1.165) is 38.1 Å². The minimum Gasteiger partial charge on any atom is -0.450 e. The lowest BCUT2D eigenvalue weighted by Gasteiger charge is -2.41. The molecule has 0 radical (unpaired) electrons. The number of ether oxygens (including phenoxy) is 1. The van der Waals surface area contributed by atoms with E-state index in [-0.39, 0.29) is 11.1 Å². The van der Waals surface area contributed by atoms with Crippen molar-refractivity contribution in [3.63, 3.8) is 0 Å². The average Bonchev–Trinajstić information content (AvgIpc) is 2.66. The fourth-order valence-electron chi connectivity index (χ4n) is 3.84. The van der Waals surface area contributed by atoms with Gasteiger partial charge in [-0.05, 0) is 30.7 Å². The van der Waals surface area contributed by atoms with Gasteiger partial charge in [-0.15, -0.1) is 0 Å². The Labute approximate surface area is 160 Å². The Kier molecular flexibility index (Phi) is 4.53. The molecule has 1 aromatic heterocycles. The zero-order chi connectivity index (χ0) is 19.9. The van der Waals surface area contributed by atoms with Crippen molar-refractivity contribution in [2.24, 2.45) is 0 Å². The fraction of sp³-hybridized carbons (Fsp3) is 0.400. The van der Waals surface area contributed by atoms with Crippen molar-refractivity contribution in [2.75, 3.05) is 26.2 Å². The smallest absolute Gasteiger partial charge is 0.433 e. The minimum atomic E-state index is -4.66. The molecule has 0 spiro atoms. The first-order valence-corrected chi connectivity index (χ1v) is 9.12. The predicted octanol–water partition coefficient (Wildman–Crippen LogP) is 2.92. The second kappa shape index (κ2) is 6.77. The van der Waals surface area contributed by atoms with Gasteiger partial charge in [-0.25, -0.2) is 4.79 Å². The van der Waals surface area contributed by atoms with E-state index in [1.807, 2.05) is 12.2 Å². The highest BCUT2D eigenvalue weighted by Crippen LogP contribution is 2.42. The molecule has 1 N–H and O–H groups in total. The molecular formula is C20H20F3N3O2. The molecule has 0 saturated carbocycles. The summed E-state index contributed by atoms with van der Waals surface area (Å²) in [6, 6.07) is 2.63. The molecule has 3 heterocycles. The number of pyridine rings is 1. The molecule has 3 aliphatic rings. The first-order chi connectivity index (χ1) is 13.3. The summed E-state index contributed by atoms with van der Waals surface area (Å²) < 4.78 is 45.6. The monoisotopic (exact) mass is 391 g/mol. The average molecular weight is 391 g/mol. The number of piperazine rings is 1. The van der Waals surface area contributed by atoms with Gasteiger partial charge in [0.15, 0.2) is 5.69 Å². The summed E-state index contributed by atoms with van der Waals surface area (Å²) in [6.07, 6.45) is 2.19. The lowest BCUT2D eigenvalue weighted by atomic mass is 9.82. The van der Waals surface area contributed by atoms with Crippen molar-refractivity contribution in [1.29, 1.82) is 0 Å². The number of hydrogen-bond acceptors (Lipinski definition) is 5. The summed E-state index contributed by atoms with van der Waals surface area (Å²) in [5.41, 5.74) is -0.623. The highest BCUT2D eigenvalue weighted by atomic mass is 19.4. The number of rotatable bonds is 2. The van der Waals surface area contributed by atoms with Crippen LogP contribution in [0.5, 0.6) is 0 Å². The molecule has 28 heavy (non-hydrogen) atoms. The number of allylic oxidation sites excluding steroid dienone is 2. The van der Waals surface area contributed by atoms with Crippen molar-refractivity contribution in [1.82, 2.24) is 15.2 Å². The van der Waals surface area contributed by atoms with Gasteiger partial charge in [-0.3, -0.25) is 4.98 Å². The molecule has 0 amide bonds. The number of carbonyl (C=O) groups excluding carboxylic acids is 1. The highest BCUT2D eigenvalue weighted by Gasteiger charge is 2.43. The number of fused-ring (bicyclic) bond motifs is 1. The van der Waals surface area contributed by atoms with Crippen LogP contribution in [-0.2, 0) is 15.7 Å². The Hall–Kier alpha value is -2.61. The first kappa shape index (κ1) is 18.7. The van der Waals surface area contributed by atoms with Gasteiger partial charge < -0.3 is 15.0 Å². The molecule has 8 heteroatoms. The summed E-state index contributed by atoms with van der Waals surface area (Å²) in [4.78, 5) is 18.3. The van der Waals surface area contributed by atoms with Crippen LogP contribution in [-0.4, -0.2) is 47.6 Å². The summed E-state index contributed by atoms with van der Waals surface area (Å²) in [5, 5.41) is 3.29. The minimum absolute atomic E-state index is 0.122. The molecule has 5 nitrogen and oxygen atoms in total. The number of halogens is 3. The summed E-state index contributed by atoms with van der Waals surface area (Å²) in [6.45, 7) is 5.30. The molecule has 1 unspecified atom stereocenters. The summed E-state index contributed by atoms with van der Waals surface area (Å²) >= 11 is 0. The molecule has 0 aromatic carbocycles. The van der Waals surface area contributed by atoms with Gasteiger partial charge in [-0.2, -0.15) is 13.2 Å². The standard InChI is InChI=1S/C20H20F3N3O2/c1-19-12-14(26-9-7-24-8-10-26)5-4-13(19)11-16(18(27)28-19)15-3-2-6-25-17(15)20(21,22)23/h2-6,11,24H,7-10,12H2,1H3. The molecule has 1 atom stereocenters. The van der Waals surface area contributed by atoms with Gasteiger partial charge in [0.2, 0.25) is 0 Å². The van der Waals surface area contributed by atoms with Gasteiger partial charge >= 0.3 is 12.1 Å². The third-order valence-corrected chi connectivity index (χ3v) is 5.31. The number of hydrogen-bond donors (Lipinski definition) is 1. The van der Waals surface area contributed by atoms with E-state index in [1.54, 1.807) is 6.92 Å². The van der Waals surface area contributed by atoms with E-state index in [2.05, 4.69) is 15.2 Å². The zero-order valence-electron chi connectivity index (χ0n) is 15.3. The first-order valence-electron chi connectivity index (χ1n) is 9.12. The predicted molar refractivity (Wildman–Crippen MR) is 96.9 cm³/mol. The van der Waals surface area contributed by atoms with Crippen LogP contribution in [0.15, 0.2) is 47.8 Å². The van der Waals surface area contributed by atoms with Crippen molar-refractivity contribution in [2.45, 2.75) is 25.1 Å². The number of esters is 1. The Morgan fingerprint density at radius 1 is 1.25 bits per heavy atom. The number of nitrogens with zero attached hydrogens (tertiary/aromatic N) is 2. The number of carbonyl (C=O) groups is 1. The van der Waals surface area contributed by atoms with Crippen LogP contribution in [0.2, 0.25) is 0 Å². The van der Waals surface area contributed by atoms with Crippen molar-refractivity contribution in [3.05, 3.63) is 59.1 Å². The van der Waals surface area contributed by atoms with Crippen molar-refractivity contribution in [3.8, 4) is 0 Å². The van der Waals surface area contributed by atoms with Gasteiger partial charge in [0.05, 0.1) is 5.57 Å². The molecule has 1 aliphatic carbocycles. The van der Waals surface area contributed by atoms with E-state index < -0.39 is 23.4 Å². The molecule has 148 valence electrons. The molecule has 1 saturated heterocycles. The van der Waals surface area contributed by atoms with Crippen LogP contribution in [0.1, 0.15) is 24.6 Å². The SMILES string of the molecule is CC12CC(N3CCNCC3)=CC=C1C=C(c1cccnc1C(F)(F)F)C(=O)O2. The quantitative estimate of drug-likeness (QED) is 0.786. The van der Waals surface area contributed by atoms with Crippen LogP contribution >= 0.6 is 0 Å². The van der Waals surface area contributed by atoms with Gasteiger partial charge in [0.1, 0.15) is 5.60 Å². The fourth-order valence-corrected chi connectivity index (χ4v) is 3.84. The van der Waals surface area contributed by atoms with Gasteiger partial charge in [-0.1, -0.05) is 12.1 Å². The van der Waals surface area contributed by atoms with E-state index >= 15 is 0 Å². The van der Waals surface area contributed by atoms with E-state index in [1.165, 1.54) is 18.2 Å². The maximum absolute atomic E-state index is 13.3. The summed E-state index contributed by atoms with van der Waals surface area (Å²) in [5.74, 6) is -0.764. The number of alkyl halides is 3. The Balaban J connectivity index is 1.73. The maximum atomic E-state index is 13.3. The number of nitrogens with one attached hydrogen (secondary N) is 1. The Bertz CT molecular complexity index is 898. The van der Waals surface area contributed by atoms with Gasteiger partial charge in [0.25, 0.3) is 0 Å². The molecule has 4 rings (SSSR count). The Morgan fingerprint density at radius 3 is 2.71 bits per heavy atom. The topological polar surface area (TPSA) is 54.5 Å². The largest absolute Gasteiger partial charge is 0.450 e. The second-order valence-electron chi connectivity index (χ2n) is 7.27.